The molecule has 104 valence electrons. The van der Waals surface area contributed by atoms with Gasteiger partial charge in [-0.2, -0.15) is 0 Å². The summed E-state index contributed by atoms with van der Waals surface area (Å²) in [6.07, 6.45) is 1.06. The fraction of sp³-hybridized carbons (Fsp3) is 0.533. The Morgan fingerprint density at radius 2 is 2.11 bits per heavy atom. The van der Waals surface area contributed by atoms with Crippen LogP contribution in [0.5, 0.6) is 0 Å². The van der Waals surface area contributed by atoms with E-state index in [1.807, 2.05) is 30.3 Å². The minimum absolute atomic E-state index is 0.0742. The molecule has 1 aliphatic rings. The van der Waals surface area contributed by atoms with E-state index in [9.17, 15) is 4.79 Å². The van der Waals surface area contributed by atoms with Crippen LogP contribution in [-0.2, 0) is 11.3 Å². The van der Waals surface area contributed by atoms with Gasteiger partial charge in [0.1, 0.15) is 0 Å². The van der Waals surface area contributed by atoms with E-state index in [2.05, 4.69) is 17.1 Å². The number of piperidine rings is 1. The summed E-state index contributed by atoms with van der Waals surface area (Å²) < 4.78 is 0. The lowest BCUT2D eigenvalue weighted by atomic mass is 9.97. The number of carbonyl (C=O) groups excluding carboxylic acids is 1. The average molecular weight is 261 g/mol. The quantitative estimate of drug-likeness (QED) is 0.849. The molecular weight excluding hydrogens is 238 g/mol. The van der Waals surface area contributed by atoms with Crippen LogP contribution in [0, 0.1) is 5.92 Å². The van der Waals surface area contributed by atoms with Crippen LogP contribution in [0.15, 0.2) is 30.3 Å². The summed E-state index contributed by atoms with van der Waals surface area (Å²) in [6, 6.07) is 10.2. The number of rotatable bonds is 4. The van der Waals surface area contributed by atoms with Crippen molar-refractivity contribution in [1.29, 1.82) is 0 Å². The van der Waals surface area contributed by atoms with Crippen molar-refractivity contribution < 1.29 is 4.79 Å². The lowest BCUT2D eigenvalue weighted by molar-refractivity contribution is -0.122. The standard InChI is InChI=1S/C15H23N3O/c1-12-7-14(16)10-18(9-12)11-15(19)17-8-13-5-3-2-4-6-13/h2-6,12,14H,7-11,16H2,1H3,(H,17,19). The molecule has 4 heteroatoms. The molecule has 2 atom stereocenters. The maximum absolute atomic E-state index is 11.9. The van der Waals surface area contributed by atoms with Gasteiger partial charge >= 0.3 is 0 Å². The highest BCUT2D eigenvalue weighted by atomic mass is 16.2. The molecule has 0 bridgehead atoms. The smallest absolute Gasteiger partial charge is 0.234 e. The molecule has 1 aliphatic heterocycles. The summed E-state index contributed by atoms with van der Waals surface area (Å²) in [5, 5.41) is 2.95. The van der Waals surface area contributed by atoms with E-state index in [1.54, 1.807) is 0 Å². The highest BCUT2D eigenvalue weighted by Crippen LogP contribution is 2.14. The van der Waals surface area contributed by atoms with Gasteiger partial charge in [0.2, 0.25) is 5.91 Å². The summed E-state index contributed by atoms with van der Waals surface area (Å²) in [5.74, 6) is 0.649. The second kappa shape index (κ2) is 6.68. The molecule has 1 saturated heterocycles. The zero-order valence-electron chi connectivity index (χ0n) is 11.5. The van der Waals surface area contributed by atoms with Crippen molar-refractivity contribution in [3.05, 3.63) is 35.9 Å². The summed E-state index contributed by atoms with van der Waals surface area (Å²) in [6.45, 7) is 5.02. The van der Waals surface area contributed by atoms with Gasteiger partial charge in [0.05, 0.1) is 6.54 Å². The van der Waals surface area contributed by atoms with E-state index < -0.39 is 0 Å². The number of nitrogens with one attached hydrogen (secondary N) is 1. The third-order valence-electron chi connectivity index (χ3n) is 3.47. The number of benzene rings is 1. The Labute approximate surface area is 115 Å². The maximum Gasteiger partial charge on any atom is 0.234 e. The molecule has 4 nitrogen and oxygen atoms in total. The van der Waals surface area contributed by atoms with Gasteiger partial charge in [-0.3, -0.25) is 9.69 Å². The lowest BCUT2D eigenvalue weighted by Gasteiger charge is -2.34. The Balaban J connectivity index is 1.75. The molecule has 0 aromatic heterocycles. The van der Waals surface area contributed by atoms with Crippen molar-refractivity contribution in [3.63, 3.8) is 0 Å². The Hall–Kier alpha value is -1.39. The van der Waals surface area contributed by atoms with Crippen molar-refractivity contribution in [2.75, 3.05) is 19.6 Å². The number of hydrogen-bond acceptors (Lipinski definition) is 3. The summed E-state index contributed by atoms with van der Waals surface area (Å²) >= 11 is 0. The third kappa shape index (κ3) is 4.65. The van der Waals surface area contributed by atoms with E-state index >= 15 is 0 Å². The number of amides is 1. The average Bonchev–Trinajstić information content (AvgIpc) is 2.36. The maximum atomic E-state index is 11.9. The van der Waals surface area contributed by atoms with Crippen molar-refractivity contribution in [2.24, 2.45) is 11.7 Å². The fourth-order valence-electron chi connectivity index (χ4n) is 2.70. The number of carbonyl (C=O) groups is 1. The minimum atomic E-state index is 0.0742. The number of hydrogen-bond donors (Lipinski definition) is 2. The van der Waals surface area contributed by atoms with Crippen LogP contribution in [0.3, 0.4) is 0 Å². The molecule has 19 heavy (non-hydrogen) atoms. The first-order chi connectivity index (χ1) is 9.13. The SMILES string of the molecule is CC1CC(N)CN(CC(=O)NCc2ccccc2)C1. The van der Waals surface area contributed by atoms with Crippen LogP contribution >= 0.6 is 0 Å². The van der Waals surface area contributed by atoms with Crippen LogP contribution in [-0.4, -0.2) is 36.5 Å². The molecule has 1 fully saturated rings. The van der Waals surface area contributed by atoms with Crippen molar-refractivity contribution >= 4 is 5.91 Å². The van der Waals surface area contributed by atoms with E-state index in [-0.39, 0.29) is 11.9 Å². The summed E-state index contributed by atoms with van der Waals surface area (Å²) in [5.41, 5.74) is 7.11. The summed E-state index contributed by atoms with van der Waals surface area (Å²) in [7, 11) is 0. The fourth-order valence-corrected chi connectivity index (χ4v) is 2.70. The molecule has 0 saturated carbocycles. The van der Waals surface area contributed by atoms with Gasteiger partial charge in [0.25, 0.3) is 0 Å². The molecular formula is C15H23N3O. The minimum Gasteiger partial charge on any atom is -0.351 e. The molecule has 0 spiro atoms. The Kier molecular flexibility index (Phi) is 4.93. The first kappa shape index (κ1) is 14.0. The van der Waals surface area contributed by atoms with Crippen molar-refractivity contribution in [2.45, 2.75) is 25.9 Å². The van der Waals surface area contributed by atoms with Crippen LogP contribution in [0.25, 0.3) is 0 Å². The van der Waals surface area contributed by atoms with Crippen LogP contribution in [0.1, 0.15) is 18.9 Å². The molecule has 0 aliphatic carbocycles. The van der Waals surface area contributed by atoms with E-state index in [1.165, 1.54) is 0 Å². The molecule has 1 aromatic carbocycles. The molecule has 1 amide bonds. The zero-order valence-corrected chi connectivity index (χ0v) is 11.5. The topological polar surface area (TPSA) is 58.4 Å². The largest absolute Gasteiger partial charge is 0.351 e. The highest BCUT2D eigenvalue weighted by molar-refractivity contribution is 5.78. The van der Waals surface area contributed by atoms with Gasteiger partial charge < -0.3 is 11.1 Å². The first-order valence-corrected chi connectivity index (χ1v) is 6.92. The molecule has 2 unspecified atom stereocenters. The highest BCUT2D eigenvalue weighted by Gasteiger charge is 2.23. The number of nitrogens with zero attached hydrogens (tertiary/aromatic N) is 1. The third-order valence-corrected chi connectivity index (χ3v) is 3.47. The van der Waals surface area contributed by atoms with Gasteiger partial charge in [0.15, 0.2) is 0 Å². The van der Waals surface area contributed by atoms with Crippen LogP contribution in [0.4, 0.5) is 0 Å². The number of nitrogens with two attached hydrogens (primary N) is 1. The van der Waals surface area contributed by atoms with E-state index in [0.29, 0.717) is 19.0 Å². The van der Waals surface area contributed by atoms with Gasteiger partial charge in [0, 0.05) is 25.7 Å². The second-order valence-corrected chi connectivity index (χ2v) is 5.56. The lowest BCUT2D eigenvalue weighted by Crippen LogP contribution is -2.49. The Bertz CT molecular complexity index is 397. The van der Waals surface area contributed by atoms with E-state index in [4.69, 9.17) is 5.73 Å². The van der Waals surface area contributed by atoms with E-state index in [0.717, 1.165) is 25.1 Å². The molecule has 1 heterocycles. The predicted molar refractivity (Wildman–Crippen MR) is 76.5 cm³/mol. The van der Waals surface area contributed by atoms with Crippen molar-refractivity contribution in [1.82, 2.24) is 10.2 Å². The second-order valence-electron chi connectivity index (χ2n) is 5.56. The van der Waals surface area contributed by atoms with Crippen LogP contribution < -0.4 is 11.1 Å². The monoisotopic (exact) mass is 261 g/mol. The Morgan fingerprint density at radius 1 is 1.37 bits per heavy atom. The van der Waals surface area contributed by atoms with Gasteiger partial charge in [-0.1, -0.05) is 37.3 Å². The zero-order chi connectivity index (χ0) is 13.7. The van der Waals surface area contributed by atoms with Gasteiger partial charge in [-0.15, -0.1) is 0 Å². The number of likely N-dealkylation sites (tertiary alicyclic amines) is 1. The molecule has 3 N–H and O–H groups in total. The molecule has 1 aromatic rings. The molecule has 2 rings (SSSR count). The predicted octanol–water partition coefficient (Wildman–Crippen LogP) is 0.972. The van der Waals surface area contributed by atoms with Gasteiger partial charge in [-0.05, 0) is 17.9 Å². The molecule has 0 radical (unpaired) electrons. The normalized spacial score (nSPS) is 24.1. The van der Waals surface area contributed by atoms with Gasteiger partial charge in [-0.25, -0.2) is 0 Å². The first-order valence-electron chi connectivity index (χ1n) is 6.92. The summed E-state index contributed by atoms with van der Waals surface area (Å²) in [4.78, 5) is 14.1. The Morgan fingerprint density at radius 3 is 2.79 bits per heavy atom. The van der Waals surface area contributed by atoms with Crippen LogP contribution in [0.2, 0.25) is 0 Å². The van der Waals surface area contributed by atoms with Crippen molar-refractivity contribution in [3.8, 4) is 0 Å².